The minimum Gasteiger partial charge on any atom is -0.457 e. The van der Waals surface area contributed by atoms with Gasteiger partial charge in [0.1, 0.15) is 24.0 Å². The van der Waals surface area contributed by atoms with Crippen molar-refractivity contribution in [3.8, 4) is 28.4 Å². The van der Waals surface area contributed by atoms with E-state index in [2.05, 4.69) is 271 Å². The van der Waals surface area contributed by atoms with Gasteiger partial charge in [-0.2, -0.15) is 0 Å². The van der Waals surface area contributed by atoms with Crippen LogP contribution in [0.15, 0.2) is 200 Å². The summed E-state index contributed by atoms with van der Waals surface area (Å²) in [7, 11) is 0. The van der Waals surface area contributed by atoms with Gasteiger partial charge in [0.05, 0.1) is 22.4 Å². The monoisotopic (exact) mass is 926 g/mol. The summed E-state index contributed by atoms with van der Waals surface area (Å²) in [6.45, 7) is 21.2. The molecule has 352 valence electrons. The second-order valence-corrected chi connectivity index (χ2v) is 21.5. The smallest absolute Gasteiger partial charge is 0.137 e. The third-order valence-electron chi connectivity index (χ3n) is 15.2. The topological polar surface area (TPSA) is 33.5 Å². The van der Waals surface area contributed by atoms with Gasteiger partial charge >= 0.3 is 0 Å². The third kappa shape index (κ3) is 8.33. The molecule has 2 aromatic heterocycles. The van der Waals surface area contributed by atoms with Gasteiger partial charge in [-0.15, -0.1) is 0 Å². The molecule has 0 fully saturated rings. The standard InChI is InChI=1S/C66H62N4O/c1-44-33-61-62(34-45(44)2)69(54-38-51(65(6,7)48-23-15-11-16-24-48)37-52(39-54)66(8,9)49-25-17-12-18-26-49)43-68(61)53-35-47(46-21-13-10-14-22-46)36-56(41-53)71-55-29-30-58-57-27-19-20-28-59(57)70(60(58)42-55)63-40-50(31-32-67-63)64(3,4)5/h10-42H,43H2,1-9H3. The Balaban J connectivity index is 1.04. The van der Waals surface area contributed by atoms with Crippen LogP contribution in [0.25, 0.3) is 38.8 Å². The van der Waals surface area contributed by atoms with E-state index in [-0.39, 0.29) is 16.2 Å². The van der Waals surface area contributed by atoms with E-state index in [4.69, 9.17) is 9.72 Å². The van der Waals surface area contributed by atoms with Crippen LogP contribution in [0.1, 0.15) is 87.4 Å². The fraction of sp³-hybridized carbons (Fsp3) is 0.197. The molecular weight excluding hydrogens is 865 g/mol. The van der Waals surface area contributed by atoms with Crippen molar-refractivity contribution in [2.45, 2.75) is 78.6 Å². The van der Waals surface area contributed by atoms with E-state index in [1.165, 1.54) is 55.7 Å². The van der Waals surface area contributed by atoms with Gasteiger partial charge in [-0.25, -0.2) is 4.98 Å². The van der Waals surface area contributed by atoms with Crippen LogP contribution in [0.2, 0.25) is 0 Å². The van der Waals surface area contributed by atoms with Crippen molar-refractivity contribution in [3.63, 3.8) is 0 Å². The quantitative estimate of drug-likeness (QED) is 0.137. The lowest BCUT2D eigenvalue weighted by molar-refractivity contribution is 0.483. The molecule has 0 atom stereocenters. The van der Waals surface area contributed by atoms with E-state index in [0.29, 0.717) is 6.67 Å². The molecule has 0 aliphatic carbocycles. The van der Waals surface area contributed by atoms with Crippen LogP contribution in [0.4, 0.5) is 22.7 Å². The van der Waals surface area contributed by atoms with Crippen LogP contribution in [0.5, 0.6) is 11.5 Å². The Labute approximate surface area is 419 Å². The number of anilines is 4. The van der Waals surface area contributed by atoms with Crippen LogP contribution < -0.4 is 14.5 Å². The Bertz CT molecular complexity index is 3530. The number of rotatable bonds is 10. The summed E-state index contributed by atoms with van der Waals surface area (Å²) in [5.74, 6) is 2.41. The molecule has 0 unspecified atom stereocenters. The Morgan fingerprint density at radius 1 is 0.423 bits per heavy atom. The summed E-state index contributed by atoms with van der Waals surface area (Å²) in [6.07, 6.45) is 1.93. The molecule has 0 amide bonds. The van der Waals surface area contributed by atoms with Gasteiger partial charge in [-0.05, 0) is 136 Å². The second-order valence-electron chi connectivity index (χ2n) is 21.5. The molecule has 71 heavy (non-hydrogen) atoms. The van der Waals surface area contributed by atoms with E-state index in [9.17, 15) is 0 Å². The zero-order chi connectivity index (χ0) is 49.2. The highest BCUT2D eigenvalue weighted by atomic mass is 16.5. The Kier molecular flexibility index (Phi) is 11.2. The molecule has 8 aromatic carbocycles. The van der Waals surface area contributed by atoms with E-state index in [0.717, 1.165) is 56.2 Å². The minimum absolute atomic E-state index is 0.0256. The maximum Gasteiger partial charge on any atom is 0.137 e. The fourth-order valence-electron chi connectivity index (χ4n) is 10.5. The summed E-state index contributed by atoms with van der Waals surface area (Å²) in [4.78, 5) is 9.92. The molecule has 0 bridgehead atoms. The molecule has 1 aliphatic rings. The average Bonchev–Trinajstić information content (AvgIpc) is 3.92. The highest BCUT2D eigenvalue weighted by Gasteiger charge is 2.34. The number of fused-ring (bicyclic) bond motifs is 4. The molecule has 5 nitrogen and oxygen atoms in total. The molecule has 0 saturated heterocycles. The number of aryl methyl sites for hydroxylation is 2. The first-order valence-corrected chi connectivity index (χ1v) is 25.0. The van der Waals surface area contributed by atoms with Crippen LogP contribution in [-0.2, 0) is 16.2 Å². The second kappa shape index (κ2) is 17.5. The lowest BCUT2D eigenvalue weighted by Crippen LogP contribution is -2.27. The number of pyridine rings is 1. The van der Waals surface area contributed by atoms with Gasteiger partial charge < -0.3 is 14.5 Å². The zero-order valence-electron chi connectivity index (χ0n) is 42.5. The largest absolute Gasteiger partial charge is 0.457 e. The summed E-state index contributed by atoms with van der Waals surface area (Å²) in [6, 6.07) is 70.7. The van der Waals surface area contributed by atoms with Gasteiger partial charge in [-0.1, -0.05) is 164 Å². The average molecular weight is 927 g/mol. The number of para-hydroxylation sites is 1. The maximum atomic E-state index is 7.07. The fourth-order valence-corrected chi connectivity index (χ4v) is 10.5. The first kappa shape index (κ1) is 45.5. The normalized spacial score (nSPS) is 13.0. The predicted octanol–water partition coefficient (Wildman–Crippen LogP) is 17.5. The maximum absolute atomic E-state index is 7.07. The van der Waals surface area contributed by atoms with Gasteiger partial charge in [-0.3, -0.25) is 4.57 Å². The molecule has 5 heteroatoms. The molecule has 0 radical (unpaired) electrons. The van der Waals surface area contributed by atoms with Crippen LogP contribution in [0, 0.1) is 13.8 Å². The Morgan fingerprint density at radius 3 is 1.58 bits per heavy atom. The van der Waals surface area contributed by atoms with Gasteiger partial charge in [0.15, 0.2) is 0 Å². The van der Waals surface area contributed by atoms with Crippen LogP contribution >= 0.6 is 0 Å². The van der Waals surface area contributed by atoms with Gasteiger partial charge in [0, 0.05) is 51.3 Å². The number of hydrogen-bond donors (Lipinski definition) is 0. The number of nitrogens with zero attached hydrogens (tertiary/aromatic N) is 4. The first-order valence-electron chi connectivity index (χ1n) is 25.0. The number of ether oxygens (including phenoxy) is 1. The summed E-state index contributed by atoms with van der Waals surface area (Å²) < 4.78 is 9.35. The summed E-state index contributed by atoms with van der Waals surface area (Å²) >= 11 is 0. The minimum atomic E-state index is -0.259. The van der Waals surface area contributed by atoms with Crippen molar-refractivity contribution in [1.29, 1.82) is 0 Å². The third-order valence-corrected chi connectivity index (χ3v) is 15.2. The van der Waals surface area contributed by atoms with Crippen molar-refractivity contribution in [3.05, 3.63) is 239 Å². The van der Waals surface area contributed by atoms with Crippen molar-refractivity contribution >= 4 is 44.6 Å². The highest BCUT2D eigenvalue weighted by molar-refractivity contribution is 6.09. The molecule has 0 N–H and O–H groups in total. The van der Waals surface area contributed by atoms with E-state index < -0.39 is 0 Å². The van der Waals surface area contributed by atoms with Gasteiger partial charge in [0.25, 0.3) is 0 Å². The molecule has 10 aromatic rings. The molecule has 3 heterocycles. The zero-order valence-corrected chi connectivity index (χ0v) is 42.5. The number of benzene rings is 8. The number of hydrogen-bond acceptors (Lipinski definition) is 4. The summed E-state index contributed by atoms with van der Waals surface area (Å²) in [5, 5.41) is 2.33. The van der Waals surface area contributed by atoms with E-state index in [1.807, 2.05) is 6.20 Å². The van der Waals surface area contributed by atoms with Crippen molar-refractivity contribution in [1.82, 2.24) is 9.55 Å². The Morgan fingerprint density at radius 2 is 0.972 bits per heavy atom. The van der Waals surface area contributed by atoms with Crippen LogP contribution in [-0.4, -0.2) is 16.2 Å². The highest BCUT2D eigenvalue weighted by Crippen LogP contribution is 2.49. The predicted molar refractivity (Wildman–Crippen MR) is 298 cm³/mol. The lowest BCUT2D eigenvalue weighted by atomic mass is 9.73. The number of aromatic nitrogens is 2. The summed E-state index contributed by atoms with van der Waals surface area (Å²) in [5.41, 5.74) is 17.3. The molecule has 1 aliphatic heterocycles. The van der Waals surface area contributed by atoms with Crippen molar-refractivity contribution < 1.29 is 4.74 Å². The molecule has 0 saturated carbocycles. The van der Waals surface area contributed by atoms with Crippen molar-refractivity contribution in [2.75, 3.05) is 16.5 Å². The van der Waals surface area contributed by atoms with E-state index >= 15 is 0 Å². The molecule has 0 spiro atoms. The molecule has 11 rings (SSSR count). The van der Waals surface area contributed by atoms with E-state index in [1.54, 1.807) is 0 Å². The lowest BCUT2D eigenvalue weighted by Gasteiger charge is -2.33. The van der Waals surface area contributed by atoms with Crippen molar-refractivity contribution in [2.24, 2.45) is 0 Å². The van der Waals surface area contributed by atoms with Crippen LogP contribution in [0.3, 0.4) is 0 Å². The first-order chi connectivity index (χ1) is 34.1. The SMILES string of the molecule is Cc1cc2c(cc1C)N(c1cc(C(C)(C)c3ccccc3)cc(C(C)(C)c3ccccc3)c1)CN2c1cc(Oc2ccc3c4ccccc4n(-c4cc(C(C)(C)C)ccn4)c3c2)cc(-c2ccccc2)c1. The Hall–Kier alpha value is -7.89. The van der Waals surface area contributed by atoms with Gasteiger partial charge in [0.2, 0.25) is 0 Å². The molecular formula is C66H62N4O.